The molecule has 1 saturated heterocycles. The molecule has 2 rings (SSSR count). The zero-order valence-corrected chi connectivity index (χ0v) is 13.2. The van der Waals surface area contributed by atoms with Gasteiger partial charge in [0.15, 0.2) is 15.6 Å². The molecule has 0 spiro atoms. The van der Waals surface area contributed by atoms with Gasteiger partial charge >= 0.3 is 0 Å². The Kier molecular flexibility index (Phi) is 3.91. The molecule has 0 N–H and O–H groups in total. The summed E-state index contributed by atoms with van der Waals surface area (Å²) in [5, 5.41) is 0. The summed E-state index contributed by atoms with van der Waals surface area (Å²) in [6.45, 7) is 7.48. The number of Topliss-reactive ketones (excluding diaryl/α,β-unsaturated/α-hetero) is 1. The average Bonchev–Trinajstić information content (AvgIpc) is 2.67. The Bertz CT molecular complexity index is 627. The second kappa shape index (κ2) is 5.20. The minimum absolute atomic E-state index is 0.0494. The van der Waals surface area contributed by atoms with E-state index >= 15 is 0 Å². The molecule has 2 atom stereocenters. The zero-order chi connectivity index (χ0) is 15.1. The van der Waals surface area contributed by atoms with Gasteiger partial charge in [-0.3, -0.25) is 4.79 Å². The summed E-state index contributed by atoms with van der Waals surface area (Å²) in [7, 11) is -3.30. The monoisotopic (exact) mass is 295 g/mol. The lowest BCUT2D eigenvalue weighted by Gasteiger charge is -2.22. The molecule has 0 saturated carbocycles. The number of anilines is 1. The average molecular weight is 295 g/mol. The fraction of sp³-hybridized carbons (Fsp3) is 0.533. The molecule has 0 radical (unpaired) electrons. The Hall–Kier alpha value is -1.36. The number of rotatable bonds is 3. The van der Waals surface area contributed by atoms with E-state index in [4.69, 9.17) is 0 Å². The number of carbonyl (C=O) groups is 1. The molecular formula is C15H21NO3S. The highest BCUT2D eigenvalue weighted by Crippen LogP contribution is 2.33. The van der Waals surface area contributed by atoms with Crippen molar-refractivity contribution in [1.82, 2.24) is 0 Å². The highest BCUT2D eigenvalue weighted by Gasteiger charge is 2.29. The lowest BCUT2D eigenvalue weighted by atomic mass is 10.0. The van der Waals surface area contributed by atoms with Gasteiger partial charge in [-0.1, -0.05) is 13.8 Å². The van der Waals surface area contributed by atoms with E-state index in [1.807, 2.05) is 0 Å². The van der Waals surface area contributed by atoms with Crippen LogP contribution in [0.5, 0.6) is 0 Å². The Morgan fingerprint density at radius 2 is 1.75 bits per heavy atom. The van der Waals surface area contributed by atoms with Gasteiger partial charge in [-0.25, -0.2) is 8.42 Å². The van der Waals surface area contributed by atoms with E-state index in [1.165, 1.54) is 13.2 Å². The van der Waals surface area contributed by atoms with Crippen molar-refractivity contribution in [3.63, 3.8) is 0 Å². The molecule has 0 aliphatic carbocycles. The van der Waals surface area contributed by atoms with E-state index in [-0.39, 0.29) is 5.78 Å². The molecule has 1 heterocycles. The lowest BCUT2D eigenvalue weighted by Crippen LogP contribution is -2.22. The summed E-state index contributed by atoms with van der Waals surface area (Å²) in [4.78, 5) is 13.9. The van der Waals surface area contributed by atoms with Crippen LogP contribution in [0.3, 0.4) is 0 Å². The number of nitrogens with zero attached hydrogens (tertiary/aromatic N) is 1. The molecule has 1 aliphatic heterocycles. The normalized spacial score (nSPS) is 23.1. The number of sulfone groups is 1. The lowest BCUT2D eigenvalue weighted by molar-refractivity contribution is 0.101. The van der Waals surface area contributed by atoms with Crippen LogP contribution in [0.25, 0.3) is 0 Å². The van der Waals surface area contributed by atoms with Crippen molar-refractivity contribution < 1.29 is 13.2 Å². The first-order valence-corrected chi connectivity index (χ1v) is 8.69. The number of ketones is 1. The van der Waals surface area contributed by atoms with Crippen molar-refractivity contribution in [2.45, 2.75) is 25.7 Å². The second-order valence-corrected chi connectivity index (χ2v) is 7.85. The minimum Gasteiger partial charge on any atom is -0.370 e. The van der Waals surface area contributed by atoms with Gasteiger partial charge < -0.3 is 4.90 Å². The maximum Gasteiger partial charge on any atom is 0.177 e. The van der Waals surface area contributed by atoms with Crippen LogP contribution in [0.2, 0.25) is 0 Å². The van der Waals surface area contributed by atoms with Gasteiger partial charge in [0, 0.05) is 24.9 Å². The Morgan fingerprint density at radius 1 is 1.20 bits per heavy atom. The van der Waals surface area contributed by atoms with E-state index in [0.29, 0.717) is 28.0 Å². The van der Waals surface area contributed by atoms with Crippen LogP contribution in [-0.2, 0) is 9.84 Å². The van der Waals surface area contributed by atoms with Crippen LogP contribution in [-0.4, -0.2) is 33.5 Å². The number of hydrogen-bond acceptors (Lipinski definition) is 4. The largest absolute Gasteiger partial charge is 0.370 e. The highest BCUT2D eigenvalue weighted by molar-refractivity contribution is 7.90. The van der Waals surface area contributed by atoms with Crippen molar-refractivity contribution in [3.05, 3.63) is 23.8 Å². The maximum absolute atomic E-state index is 11.9. The molecule has 5 heteroatoms. The molecule has 1 aromatic rings. The topological polar surface area (TPSA) is 54.5 Å². The second-order valence-electron chi connectivity index (χ2n) is 5.87. The Morgan fingerprint density at radius 3 is 2.20 bits per heavy atom. The molecule has 0 aromatic heterocycles. The zero-order valence-electron chi connectivity index (χ0n) is 12.4. The fourth-order valence-electron chi connectivity index (χ4n) is 2.62. The van der Waals surface area contributed by atoms with Gasteiger partial charge in [-0.2, -0.15) is 0 Å². The number of carbonyl (C=O) groups excluding carboxylic acids is 1. The predicted molar refractivity (Wildman–Crippen MR) is 80.1 cm³/mol. The molecule has 1 fully saturated rings. The van der Waals surface area contributed by atoms with Crippen molar-refractivity contribution in [3.8, 4) is 0 Å². The first-order chi connectivity index (χ1) is 9.20. The summed E-state index contributed by atoms with van der Waals surface area (Å²) in [5.41, 5.74) is 1.22. The minimum atomic E-state index is -3.30. The van der Waals surface area contributed by atoms with Crippen LogP contribution >= 0.6 is 0 Å². The fourth-order valence-corrected chi connectivity index (χ4v) is 3.51. The molecule has 1 aromatic carbocycles. The Labute approximate surface area is 120 Å². The van der Waals surface area contributed by atoms with Gasteiger partial charge in [-0.15, -0.1) is 0 Å². The first kappa shape index (κ1) is 15.0. The molecule has 20 heavy (non-hydrogen) atoms. The van der Waals surface area contributed by atoms with E-state index in [1.54, 1.807) is 18.2 Å². The van der Waals surface area contributed by atoms with Gasteiger partial charge in [0.1, 0.15) is 0 Å². The van der Waals surface area contributed by atoms with Gasteiger partial charge in [-0.05, 0) is 37.0 Å². The van der Waals surface area contributed by atoms with Crippen molar-refractivity contribution in [2.24, 2.45) is 11.8 Å². The van der Waals surface area contributed by atoms with Crippen molar-refractivity contribution >= 4 is 21.3 Å². The summed E-state index contributed by atoms with van der Waals surface area (Å²) < 4.78 is 23.9. The molecule has 0 bridgehead atoms. The van der Waals surface area contributed by atoms with E-state index in [0.717, 1.165) is 13.1 Å². The van der Waals surface area contributed by atoms with Crippen LogP contribution < -0.4 is 4.90 Å². The molecule has 0 amide bonds. The molecule has 110 valence electrons. The van der Waals surface area contributed by atoms with Crippen molar-refractivity contribution in [2.75, 3.05) is 24.2 Å². The van der Waals surface area contributed by atoms with Crippen LogP contribution in [0.4, 0.5) is 5.69 Å². The van der Waals surface area contributed by atoms with Gasteiger partial charge in [0.05, 0.1) is 10.6 Å². The molecular weight excluding hydrogens is 274 g/mol. The Balaban J connectivity index is 2.53. The van der Waals surface area contributed by atoms with E-state index < -0.39 is 9.84 Å². The maximum atomic E-state index is 11.9. The van der Waals surface area contributed by atoms with Crippen LogP contribution in [0, 0.1) is 11.8 Å². The smallest absolute Gasteiger partial charge is 0.177 e. The first-order valence-electron chi connectivity index (χ1n) is 6.80. The third-order valence-corrected chi connectivity index (χ3v) is 5.24. The van der Waals surface area contributed by atoms with Gasteiger partial charge in [0.25, 0.3) is 0 Å². The standard InChI is InChI=1S/C15H21NO3S/c1-10-8-16(9-11(10)2)14-7-13(12(3)17)5-6-15(14)20(4,18)19/h5-7,10-11H,8-9H2,1-4H3/t10-,11-/m0/s1. The SMILES string of the molecule is CC(=O)c1ccc(S(C)(=O)=O)c(N2C[C@H](C)[C@@H](C)C2)c1. The van der Waals surface area contributed by atoms with Crippen molar-refractivity contribution in [1.29, 1.82) is 0 Å². The van der Waals surface area contributed by atoms with E-state index in [9.17, 15) is 13.2 Å². The quantitative estimate of drug-likeness (QED) is 0.803. The summed E-state index contributed by atoms with van der Waals surface area (Å²) in [5.74, 6) is 0.985. The summed E-state index contributed by atoms with van der Waals surface area (Å²) in [6.07, 6.45) is 1.21. The molecule has 4 nitrogen and oxygen atoms in total. The molecule has 0 unspecified atom stereocenters. The van der Waals surface area contributed by atoms with Crippen LogP contribution in [0.1, 0.15) is 31.1 Å². The number of hydrogen-bond donors (Lipinski definition) is 0. The number of benzene rings is 1. The van der Waals surface area contributed by atoms with Gasteiger partial charge in [0.2, 0.25) is 0 Å². The third kappa shape index (κ3) is 2.87. The summed E-state index contributed by atoms with van der Waals surface area (Å²) in [6, 6.07) is 4.85. The summed E-state index contributed by atoms with van der Waals surface area (Å²) >= 11 is 0. The molecule has 1 aliphatic rings. The highest BCUT2D eigenvalue weighted by atomic mass is 32.2. The van der Waals surface area contributed by atoms with E-state index in [2.05, 4.69) is 18.7 Å². The van der Waals surface area contributed by atoms with Crippen LogP contribution in [0.15, 0.2) is 23.1 Å². The predicted octanol–water partition coefficient (Wildman–Crippen LogP) is 2.38. The third-order valence-electron chi connectivity index (χ3n) is 4.09.